The summed E-state index contributed by atoms with van der Waals surface area (Å²) in [5, 5.41) is 4.76. The number of nitrogens with zero attached hydrogens (tertiary/aromatic N) is 3. The highest BCUT2D eigenvalue weighted by atomic mass is 32.2. The Balaban J connectivity index is 1.55. The molecule has 1 aromatic carbocycles. The molecule has 0 aliphatic heterocycles. The Morgan fingerprint density at radius 3 is 2.59 bits per heavy atom. The van der Waals surface area contributed by atoms with Crippen molar-refractivity contribution < 1.29 is 13.2 Å². The van der Waals surface area contributed by atoms with Gasteiger partial charge in [0.25, 0.3) is 15.9 Å². The molecule has 29 heavy (non-hydrogen) atoms. The van der Waals surface area contributed by atoms with E-state index in [0.29, 0.717) is 27.9 Å². The number of benzene rings is 1. The lowest BCUT2D eigenvalue weighted by atomic mass is 10.2. The third-order valence-corrected chi connectivity index (χ3v) is 6.42. The summed E-state index contributed by atoms with van der Waals surface area (Å²) in [5.41, 5.74) is 3.27. The van der Waals surface area contributed by atoms with Crippen molar-refractivity contribution in [2.45, 2.75) is 18.7 Å². The van der Waals surface area contributed by atoms with Gasteiger partial charge >= 0.3 is 0 Å². The molecule has 0 saturated carbocycles. The minimum atomic E-state index is -3.74. The molecule has 0 fully saturated rings. The SMILES string of the molecule is Cc1ccn2c(C(=O)Nc3ccc(S(=O)(=O)Nc4nccs4)cc3)c(C)nc2c1. The quantitative estimate of drug-likeness (QED) is 0.507. The number of rotatable bonds is 5. The number of carbonyl (C=O) groups is 1. The molecule has 0 atom stereocenters. The van der Waals surface area contributed by atoms with Crippen LogP contribution >= 0.6 is 11.3 Å². The number of carbonyl (C=O) groups excluding carboxylic acids is 1. The van der Waals surface area contributed by atoms with Crippen LogP contribution < -0.4 is 10.0 Å². The standard InChI is InChI=1S/C19H17N5O3S2/c1-12-7-9-24-16(11-12)21-13(2)17(24)18(25)22-14-3-5-15(6-4-14)29(26,27)23-19-20-8-10-28-19/h3-11H,1-2H3,(H,20,23)(H,22,25). The van der Waals surface area contributed by atoms with Gasteiger partial charge in [-0.1, -0.05) is 0 Å². The lowest BCUT2D eigenvalue weighted by Gasteiger charge is -2.08. The maximum absolute atomic E-state index is 12.8. The molecular formula is C19H17N5O3S2. The van der Waals surface area contributed by atoms with Crippen LogP contribution in [0.4, 0.5) is 10.8 Å². The number of aromatic nitrogens is 3. The fourth-order valence-electron chi connectivity index (χ4n) is 2.89. The first kappa shape index (κ1) is 19.1. The van der Waals surface area contributed by atoms with Crippen molar-refractivity contribution >= 4 is 43.7 Å². The fraction of sp³-hybridized carbons (Fsp3) is 0.105. The van der Waals surface area contributed by atoms with Crippen LogP contribution in [0.25, 0.3) is 5.65 Å². The third kappa shape index (κ3) is 3.84. The molecule has 8 nitrogen and oxygen atoms in total. The lowest BCUT2D eigenvalue weighted by Crippen LogP contribution is -2.16. The Labute approximate surface area is 171 Å². The van der Waals surface area contributed by atoms with E-state index in [0.717, 1.165) is 5.56 Å². The Bertz CT molecular complexity index is 1290. The smallest absolute Gasteiger partial charge is 0.274 e. The van der Waals surface area contributed by atoms with E-state index in [2.05, 4.69) is 20.0 Å². The maximum Gasteiger partial charge on any atom is 0.274 e. The first-order chi connectivity index (χ1) is 13.8. The Morgan fingerprint density at radius 1 is 1.14 bits per heavy atom. The first-order valence-electron chi connectivity index (χ1n) is 8.62. The summed E-state index contributed by atoms with van der Waals surface area (Å²) in [7, 11) is -3.74. The lowest BCUT2D eigenvalue weighted by molar-refractivity contribution is 0.102. The Hall–Kier alpha value is -3.24. The molecule has 0 aliphatic rings. The van der Waals surface area contributed by atoms with E-state index < -0.39 is 10.0 Å². The van der Waals surface area contributed by atoms with Gasteiger partial charge in [0, 0.05) is 23.5 Å². The zero-order valence-electron chi connectivity index (χ0n) is 15.6. The van der Waals surface area contributed by atoms with E-state index >= 15 is 0 Å². The van der Waals surface area contributed by atoms with Gasteiger partial charge in [-0.05, 0) is 55.8 Å². The molecule has 0 aliphatic carbocycles. The predicted octanol–water partition coefficient (Wildman–Crippen LogP) is 3.46. The minimum absolute atomic E-state index is 0.0761. The largest absolute Gasteiger partial charge is 0.321 e. The van der Waals surface area contributed by atoms with E-state index in [1.165, 1.54) is 41.8 Å². The minimum Gasteiger partial charge on any atom is -0.321 e. The van der Waals surface area contributed by atoms with Crippen LogP contribution in [0.5, 0.6) is 0 Å². The molecule has 10 heteroatoms. The number of aryl methyl sites for hydroxylation is 2. The van der Waals surface area contributed by atoms with E-state index in [4.69, 9.17) is 0 Å². The Morgan fingerprint density at radius 2 is 1.90 bits per heavy atom. The molecule has 148 valence electrons. The van der Waals surface area contributed by atoms with E-state index in [1.807, 2.05) is 19.1 Å². The Kier molecular flexibility index (Phi) is 4.81. The molecule has 3 aromatic heterocycles. The molecule has 4 aromatic rings. The van der Waals surface area contributed by atoms with Crippen molar-refractivity contribution in [1.82, 2.24) is 14.4 Å². The second-order valence-corrected chi connectivity index (χ2v) is 8.98. The maximum atomic E-state index is 12.8. The topological polar surface area (TPSA) is 105 Å². The monoisotopic (exact) mass is 427 g/mol. The van der Waals surface area contributed by atoms with Crippen molar-refractivity contribution in [3.8, 4) is 0 Å². The highest BCUT2D eigenvalue weighted by molar-refractivity contribution is 7.93. The number of fused-ring (bicyclic) bond motifs is 1. The van der Waals surface area contributed by atoms with Gasteiger partial charge in [-0.2, -0.15) is 0 Å². The predicted molar refractivity (Wildman–Crippen MR) is 112 cm³/mol. The van der Waals surface area contributed by atoms with Crippen LogP contribution in [-0.2, 0) is 10.0 Å². The number of thiazole rings is 1. The van der Waals surface area contributed by atoms with Gasteiger partial charge in [0.05, 0.1) is 10.6 Å². The highest BCUT2D eigenvalue weighted by Gasteiger charge is 2.18. The summed E-state index contributed by atoms with van der Waals surface area (Å²) < 4.78 is 28.9. The van der Waals surface area contributed by atoms with E-state index in [1.54, 1.807) is 22.9 Å². The molecule has 1 amide bonds. The second kappa shape index (κ2) is 7.30. The molecular weight excluding hydrogens is 410 g/mol. The molecule has 0 saturated heterocycles. The summed E-state index contributed by atoms with van der Waals surface area (Å²) in [6.07, 6.45) is 3.32. The number of hydrogen-bond acceptors (Lipinski definition) is 6. The van der Waals surface area contributed by atoms with Gasteiger partial charge in [-0.25, -0.2) is 18.4 Å². The summed E-state index contributed by atoms with van der Waals surface area (Å²) >= 11 is 1.19. The number of nitrogens with one attached hydrogen (secondary N) is 2. The van der Waals surface area contributed by atoms with Gasteiger partial charge in [0.15, 0.2) is 5.13 Å². The average molecular weight is 428 g/mol. The van der Waals surface area contributed by atoms with Crippen molar-refractivity contribution in [3.63, 3.8) is 0 Å². The van der Waals surface area contributed by atoms with Crippen molar-refractivity contribution in [1.29, 1.82) is 0 Å². The molecule has 0 spiro atoms. The van der Waals surface area contributed by atoms with Crippen molar-refractivity contribution in [2.24, 2.45) is 0 Å². The summed E-state index contributed by atoms with van der Waals surface area (Å²) in [4.78, 5) is 21.2. The molecule has 0 bridgehead atoms. The zero-order chi connectivity index (χ0) is 20.6. The zero-order valence-corrected chi connectivity index (χ0v) is 17.2. The fourth-order valence-corrected chi connectivity index (χ4v) is 4.68. The van der Waals surface area contributed by atoms with Gasteiger partial charge in [0.1, 0.15) is 11.3 Å². The first-order valence-corrected chi connectivity index (χ1v) is 11.0. The summed E-state index contributed by atoms with van der Waals surface area (Å²) in [6, 6.07) is 9.74. The van der Waals surface area contributed by atoms with E-state index in [-0.39, 0.29) is 10.8 Å². The second-order valence-electron chi connectivity index (χ2n) is 6.40. The third-order valence-electron chi connectivity index (χ3n) is 4.25. The van der Waals surface area contributed by atoms with Gasteiger partial charge < -0.3 is 5.32 Å². The van der Waals surface area contributed by atoms with Gasteiger partial charge in [-0.15, -0.1) is 11.3 Å². The molecule has 3 heterocycles. The van der Waals surface area contributed by atoms with Crippen LogP contribution in [0.2, 0.25) is 0 Å². The van der Waals surface area contributed by atoms with Crippen LogP contribution in [0, 0.1) is 13.8 Å². The molecule has 4 rings (SSSR count). The van der Waals surface area contributed by atoms with Crippen LogP contribution in [0.1, 0.15) is 21.7 Å². The van der Waals surface area contributed by atoms with Crippen LogP contribution in [-0.4, -0.2) is 28.7 Å². The number of anilines is 2. The average Bonchev–Trinajstić information content (AvgIpc) is 3.27. The number of pyridine rings is 1. The van der Waals surface area contributed by atoms with E-state index in [9.17, 15) is 13.2 Å². The summed E-state index contributed by atoms with van der Waals surface area (Å²) in [6.45, 7) is 3.74. The summed E-state index contributed by atoms with van der Waals surface area (Å²) in [5.74, 6) is -0.324. The van der Waals surface area contributed by atoms with Gasteiger partial charge in [0.2, 0.25) is 0 Å². The molecule has 0 radical (unpaired) electrons. The number of amides is 1. The number of sulfonamides is 1. The van der Waals surface area contributed by atoms with Gasteiger partial charge in [-0.3, -0.25) is 13.9 Å². The van der Waals surface area contributed by atoms with Crippen molar-refractivity contribution in [3.05, 3.63) is 71.1 Å². The molecule has 2 N–H and O–H groups in total. The van der Waals surface area contributed by atoms with Crippen molar-refractivity contribution in [2.75, 3.05) is 10.0 Å². The number of hydrogen-bond donors (Lipinski definition) is 2. The molecule has 0 unspecified atom stereocenters. The van der Waals surface area contributed by atoms with Crippen LogP contribution in [0.3, 0.4) is 0 Å². The van der Waals surface area contributed by atoms with Crippen LogP contribution in [0.15, 0.2) is 59.1 Å². The number of imidazole rings is 1. The normalized spacial score (nSPS) is 11.5. The highest BCUT2D eigenvalue weighted by Crippen LogP contribution is 2.21.